The number of hydrogen-bond acceptors (Lipinski definition) is 5. The highest BCUT2D eigenvalue weighted by molar-refractivity contribution is 8.14. The van der Waals surface area contributed by atoms with Gasteiger partial charge in [-0.2, -0.15) is 0 Å². The molecule has 124 valence electrons. The van der Waals surface area contributed by atoms with Gasteiger partial charge in [-0.1, -0.05) is 12.1 Å². The predicted octanol–water partition coefficient (Wildman–Crippen LogP) is 2.33. The van der Waals surface area contributed by atoms with E-state index in [1.165, 1.54) is 11.8 Å². The van der Waals surface area contributed by atoms with Gasteiger partial charge in [-0.3, -0.25) is 9.79 Å². The van der Waals surface area contributed by atoms with Gasteiger partial charge < -0.3 is 15.2 Å². The summed E-state index contributed by atoms with van der Waals surface area (Å²) in [5.74, 6) is 0.777. The summed E-state index contributed by atoms with van der Waals surface area (Å²) in [4.78, 5) is 16.9. The quantitative estimate of drug-likeness (QED) is 0.890. The van der Waals surface area contributed by atoms with Gasteiger partial charge in [0.15, 0.2) is 0 Å². The molecule has 23 heavy (non-hydrogen) atoms. The first-order valence-corrected chi connectivity index (χ1v) is 8.86. The van der Waals surface area contributed by atoms with Crippen LogP contribution in [0.5, 0.6) is 5.75 Å². The number of phenols is 1. The van der Waals surface area contributed by atoms with Crippen molar-refractivity contribution in [1.29, 1.82) is 0 Å². The third-order valence-electron chi connectivity index (χ3n) is 4.13. The molecule has 0 bridgehead atoms. The Kier molecular flexibility index (Phi) is 4.64. The Bertz CT molecular complexity index is 630. The smallest absolute Gasteiger partial charge is 0.245 e. The fraction of sp³-hybridized carbons (Fsp3) is 0.529. The molecule has 6 heteroatoms. The van der Waals surface area contributed by atoms with Crippen LogP contribution in [-0.4, -0.2) is 46.1 Å². The molecule has 2 aliphatic rings. The lowest BCUT2D eigenvalue weighted by Gasteiger charge is -2.36. The van der Waals surface area contributed by atoms with Crippen molar-refractivity contribution < 1.29 is 14.6 Å². The lowest BCUT2D eigenvalue weighted by molar-refractivity contribution is -0.124. The molecular formula is C17H22N2O3S. The standard InChI is InChI=1S/C17H22N2O3S/c1-17(2)9-11(7-8-22-17)18-15(21)13-10-23-16(19-13)12-5-3-4-6-14(12)20/h3-6,11,13,20H,7-10H2,1-2H3,(H,18,21)/t11-,13-/m0/s1. The SMILES string of the molecule is CC1(C)C[C@@H](NC(=O)[C@@H]2CSC(c3ccccc3O)=N2)CCO1. The molecule has 2 atom stereocenters. The Balaban J connectivity index is 1.64. The van der Waals surface area contributed by atoms with Gasteiger partial charge >= 0.3 is 0 Å². The van der Waals surface area contributed by atoms with Crippen molar-refractivity contribution in [2.75, 3.05) is 12.4 Å². The molecular weight excluding hydrogens is 312 g/mol. The molecule has 0 aliphatic carbocycles. The van der Waals surface area contributed by atoms with Crippen molar-refractivity contribution >= 4 is 22.7 Å². The molecule has 1 aromatic carbocycles. The van der Waals surface area contributed by atoms with Crippen LogP contribution >= 0.6 is 11.8 Å². The van der Waals surface area contributed by atoms with Crippen LogP contribution in [0.25, 0.3) is 0 Å². The van der Waals surface area contributed by atoms with Crippen LogP contribution in [0.4, 0.5) is 0 Å². The van der Waals surface area contributed by atoms with E-state index in [1.807, 2.05) is 26.0 Å². The highest BCUT2D eigenvalue weighted by Gasteiger charge is 2.32. The molecule has 2 N–H and O–H groups in total. The molecule has 5 nitrogen and oxygen atoms in total. The van der Waals surface area contributed by atoms with Crippen LogP contribution in [-0.2, 0) is 9.53 Å². The summed E-state index contributed by atoms with van der Waals surface area (Å²) in [7, 11) is 0. The van der Waals surface area contributed by atoms with Gasteiger partial charge in [0.2, 0.25) is 5.91 Å². The minimum absolute atomic E-state index is 0.0365. The zero-order valence-corrected chi connectivity index (χ0v) is 14.2. The van der Waals surface area contributed by atoms with E-state index in [1.54, 1.807) is 12.1 Å². The number of rotatable bonds is 3. The third-order valence-corrected chi connectivity index (χ3v) is 5.21. The van der Waals surface area contributed by atoms with Crippen molar-refractivity contribution in [2.24, 2.45) is 4.99 Å². The first-order chi connectivity index (χ1) is 10.9. The molecule has 1 aromatic rings. The summed E-state index contributed by atoms with van der Waals surface area (Å²) in [5, 5.41) is 13.7. The third kappa shape index (κ3) is 3.87. The van der Waals surface area contributed by atoms with E-state index in [0.29, 0.717) is 17.9 Å². The van der Waals surface area contributed by atoms with Crippen molar-refractivity contribution in [2.45, 2.75) is 44.4 Å². The van der Waals surface area contributed by atoms with Gasteiger partial charge in [0.1, 0.15) is 16.8 Å². The van der Waals surface area contributed by atoms with Gasteiger partial charge in [0.05, 0.1) is 5.60 Å². The summed E-state index contributed by atoms with van der Waals surface area (Å²) in [6.07, 6.45) is 1.65. The topological polar surface area (TPSA) is 70.9 Å². The van der Waals surface area contributed by atoms with E-state index < -0.39 is 0 Å². The highest BCUT2D eigenvalue weighted by atomic mass is 32.2. The Morgan fingerprint density at radius 2 is 2.22 bits per heavy atom. The zero-order chi connectivity index (χ0) is 16.4. The first kappa shape index (κ1) is 16.3. The molecule has 0 spiro atoms. The van der Waals surface area contributed by atoms with E-state index in [9.17, 15) is 9.90 Å². The maximum Gasteiger partial charge on any atom is 0.245 e. The van der Waals surface area contributed by atoms with Crippen LogP contribution < -0.4 is 5.32 Å². The zero-order valence-electron chi connectivity index (χ0n) is 13.4. The fourth-order valence-corrected chi connectivity index (χ4v) is 4.03. The second kappa shape index (κ2) is 6.53. The number of carbonyl (C=O) groups is 1. The lowest BCUT2D eigenvalue weighted by Crippen LogP contribution is -2.48. The van der Waals surface area contributed by atoms with Gasteiger partial charge in [-0.05, 0) is 38.8 Å². The number of benzene rings is 1. The Morgan fingerprint density at radius 1 is 1.43 bits per heavy atom. The normalized spacial score (nSPS) is 26.6. The summed E-state index contributed by atoms with van der Waals surface area (Å²) in [5.41, 5.74) is 0.505. The van der Waals surface area contributed by atoms with Crippen LogP contribution in [0.15, 0.2) is 29.3 Å². The molecule has 0 saturated carbocycles. The number of hydrogen-bond donors (Lipinski definition) is 2. The summed E-state index contributed by atoms with van der Waals surface area (Å²) >= 11 is 1.51. The largest absolute Gasteiger partial charge is 0.507 e. The van der Waals surface area contributed by atoms with Crippen molar-refractivity contribution in [3.05, 3.63) is 29.8 Å². The van der Waals surface area contributed by atoms with Crippen LogP contribution in [0.1, 0.15) is 32.3 Å². The number of para-hydroxylation sites is 1. The Hall–Kier alpha value is -1.53. The number of nitrogens with one attached hydrogen (secondary N) is 1. The highest BCUT2D eigenvalue weighted by Crippen LogP contribution is 2.29. The maximum absolute atomic E-state index is 12.5. The molecule has 3 rings (SSSR count). The van der Waals surface area contributed by atoms with Crippen LogP contribution in [0.2, 0.25) is 0 Å². The van der Waals surface area contributed by atoms with Gasteiger partial charge in [-0.25, -0.2) is 0 Å². The summed E-state index contributed by atoms with van der Waals surface area (Å²) in [6, 6.07) is 6.84. The Morgan fingerprint density at radius 3 is 2.96 bits per heavy atom. The van der Waals surface area contributed by atoms with E-state index in [4.69, 9.17) is 4.74 Å². The van der Waals surface area contributed by atoms with E-state index in [2.05, 4.69) is 10.3 Å². The second-order valence-corrected chi connectivity index (χ2v) is 7.59. The van der Waals surface area contributed by atoms with Crippen LogP contribution in [0.3, 0.4) is 0 Å². The molecule has 2 heterocycles. The first-order valence-electron chi connectivity index (χ1n) is 7.88. The number of aliphatic imine (C=N–C) groups is 1. The summed E-state index contributed by atoms with van der Waals surface area (Å²) < 4.78 is 5.68. The fourth-order valence-electron chi connectivity index (χ4n) is 2.96. The number of carbonyl (C=O) groups excluding carboxylic acids is 1. The molecule has 0 unspecified atom stereocenters. The molecule has 1 fully saturated rings. The average Bonchev–Trinajstić information content (AvgIpc) is 2.96. The van der Waals surface area contributed by atoms with Crippen molar-refractivity contribution in [3.8, 4) is 5.75 Å². The summed E-state index contributed by atoms with van der Waals surface area (Å²) in [6.45, 7) is 4.76. The minimum atomic E-state index is -0.388. The number of phenolic OH excluding ortho intramolecular Hbond substituents is 1. The number of amides is 1. The van der Waals surface area contributed by atoms with Crippen molar-refractivity contribution in [3.63, 3.8) is 0 Å². The second-order valence-electron chi connectivity index (χ2n) is 6.58. The number of nitrogens with zero attached hydrogens (tertiary/aromatic N) is 1. The minimum Gasteiger partial charge on any atom is -0.507 e. The number of ether oxygens (including phenoxy) is 1. The molecule has 1 amide bonds. The predicted molar refractivity (Wildman–Crippen MR) is 92.1 cm³/mol. The molecule has 2 aliphatic heterocycles. The average molecular weight is 334 g/mol. The van der Waals surface area contributed by atoms with Crippen molar-refractivity contribution in [1.82, 2.24) is 5.32 Å². The number of thioether (sulfide) groups is 1. The monoisotopic (exact) mass is 334 g/mol. The van der Waals surface area contributed by atoms with Gasteiger partial charge in [-0.15, -0.1) is 11.8 Å². The Labute approximate surface area is 140 Å². The number of aromatic hydroxyl groups is 1. The van der Waals surface area contributed by atoms with Gasteiger partial charge in [0, 0.05) is 24.0 Å². The van der Waals surface area contributed by atoms with E-state index in [0.717, 1.165) is 17.9 Å². The maximum atomic E-state index is 12.5. The molecule has 0 aromatic heterocycles. The molecule has 1 saturated heterocycles. The lowest BCUT2D eigenvalue weighted by atomic mass is 9.94. The van der Waals surface area contributed by atoms with Crippen LogP contribution in [0, 0.1) is 0 Å². The van der Waals surface area contributed by atoms with E-state index >= 15 is 0 Å². The van der Waals surface area contributed by atoms with E-state index in [-0.39, 0.29) is 29.3 Å². The van der Waals surface area contributed by atoms with Gasteiger partial charge in [0.25, 0.3) is 0 Å². The molecule has 0 radical (unpaired) electrons.